The molecule has 8 nitrogen and oxygen atoms in total. The molecule has 1 aromatic carbocycles. The summed E-state index contributed by atoms with van der Waals surface area (Å²) in [5.41, 5.74) is -0.270. The van der Waals surface area contributed by atoms with Gasteiger partial charge in [0.25, 0.3) is 0 Å². The number of aliphatic hydroxyl groups excluding tert-OH is 1. The Hall–Kier alpha value is -2.56. The highest BCUT2D eigenvalue weighted by molar-refractivity contribution is 5.93. The molecule has 0 bridgehead atoms. The van der Waals surface area contributed by atoms with E-state index >= 15 is 0 Å². The van der Waals surface area contributed by atoms with E-state index in [4.69, 9.17) is 14.2 Å². The van der Waals surface area contributed by atoms with Crippen LogP contribution in [0.25, 0.3) is 0 Å². The van der Waals surface area contributed by atoms with Crippen molar-refractivity contribution in [1.29, 1.82) is 0 Å². The van der Waals surface area contributed by atoms with E-state index in [2.05, 4.69) is 5.32 Å². The fourth-order valence-electron chi connectivity index (χ4n) is 4.20. The van der Waals surface area contributed by atoms with Crippen LogP contribution in [0.1, 0.15) is 74.3 Å². The van der Waals surface area contributed by atoms with Crippen LogP contribution >= 0.6 is 0 Å². The number of hydrogen-bond donors (Lipinski definition) is 2. The predicted molar refractivity (Wildman–Crippen MR) is 153 cm³/mol. The van der Waals surface area contributed by atoms with Gasteiger partial charge >= 0.3 is 6.09 Å². The van der Waals surface area contributed by atoms with Crippen molar-refractivity contribution in [2.75, 3.05) is 19.8 Å². The summed E-state index contributed by atoms with van der Waals surface area (Å²) in [6, 6.07) is 1.09. The Labute approximate surface area is 243 Å². The molecule has 2 N–H and O–H groups in total. The quantitative estimate of drug-likeness (QED) is 0.360. The molecule has 2 rings (SSSR count). The number of halogens is 2. The maximum atomic E-state index is 14.0. The Bertz CT molecular complexity index is 1040. The lowest BCUT2D eigenvalue weighted by molar-refractivity contribution is -0.211. The Balaban J connectivity index is 2.39. The molecule has 232 valence electrons. The van der Waals surface area contributed by atoms with Crippen LogP contribution < -0.4 is 5.32 Å². The van der Waals surface area contributed by atoms with Crippen molar-refractivity contribution in [3.05, 3.63) is 47.0 Å². The molecule has 1 heterocycles. The molecule has 0 unspecified atom stereocenters. The molecule has 0 spiro atoms. The van der Waals surface area contributed by atoms with Gasteiger partial charge in [-0.1, -0.05) is 40.7 Å². The van der Waals surface area contributed by atoms with Gasteiger partial charge in [0.2, 0.25) is 5.91 Å². The number of allylic oxidation sites excluding steroid dienone is 1. The number of nitrogens with one attached hydrogen (secondary N) is 1. The minimum absolute atomic E-state index is 0.0186. The minimum Gasteiger partial charge on any atom is -0.444 e. The van der Waals surface area contributed by atoms with Crippen LogP contribution in [-0.4, -0.2) is 71.8 Å². The third-order valence-corrected chi connectivity index (χ3v) is 6.28. The number of amides is 2. The predicted octanol–water partition coefficient (Wildman–Crippen LogP) is 5.37. The molecule has 10 heteroatoms. The molecule has 1 aliphatic heterocycles. The monoisotopic (exact) mass is 582 g/mol. The van der Waals surface area contributed by atoms with Crippen molar-refractivity contribution in [2.24, 2.45) is 11.3 Å². The molecular formula is C31H48F2N2O6. The lowest BCUT2D eigenvalue weighted by Crippen LogP contribution is -2.63. The summed E-state index contributed by atoms with van der Waals surface area (Å²) in [6.45, 7) is 17.2. The highest BCUT2D eigenvalue weighted by atomic mass is 19.1. The molecule has 0 aromatic heterocycles. The third kappa shape index (κ3) is 12.1. The fourth-order valence-corrected chi connectivity index (χ4v) is 4.20. The number of carbonyl (C=O) groups is 2. The molecule has 1 aliphatic rings. The first kappa shape index (κ1) is 34.6. The van der Waals surface area contributed by atoms with Crippen LogP contribution in [-0.2, 0) is 25.4 Å². The summed E-state index contributed by atoms with van der Waals surface area (Å²) in [5.74, 6) is -1.64. The maximum absolute atomic E-state index is 14.0. The Morgan fingerprint density at radius 3 is 2.29 bits per heavy atom. The molecule has 1 fully saturated rings. The zero-order valence-corrected chi connectivity index (χ0v) is 25.9. The largest absolute Gasteiger partial charge is 0.444 e. The summed E-state index contributed by atoms with van der Waals surface area (Å²) in [5, 5.41) is 14.5. The number of morpholine rings is 1. The van der Waals surface area contributed by atoms with Crippen LogP contribution in [0.2, 0.25) is 0 Å². The van der Waals surface area contributed by atoms with Crippen molar-refractivity contribution < 1.29 is 37.7 Å². The van der Waals surface area contributed by atoms with Crippen molar-refractivity contribution in [2.45, 2.75) is 105 Å². The lowest BCUT2D eigenvalue weighted by atomic mass is 9.94. The SMILES string of the molecule is C/C(=C\CC(C)C)C(=O)N[C@@H](Cc1cc(F)cc(F)c1)[C@H](O)[C@H]1CO[C@@H](OCC(C)(C)C)CN1C(=O)OC(C)(C)C. The van der Waals surface area contributed by atoms with E-state index in [0.717, 1.165) is 18.2 Å². The highest BCUT2D eigenvalue weighted by Gasteiger charge is 2.42. The van der Waals surface area contributed by atoms with Crippen LogP contribution in [0, 0.1) is 23.0 Å². The summed E-state index contributed by atoms with van der Waals surface area (Å²) < 4.78 is 45.5. The maximum Gasteiger partial charge on any atom is 0.410 e. The van der Waals surface area contributed by atoms with Crippen molar-refractivity contribution in [3.8, 4) is 0 Å². The van der Waals surface area contributed by atoms with E-state index in [1.165, 1.54) is 4.90 Å². The first-order valence-corrected chi connectivity index (χ1v) is 14.2. The van der Waals surface area contributed by atoms with Gasteiger partial charge in [0, 0.05) is 11.6 Å². The zero-order chi connectivity index (χ0) is 31.1. The van der Waals surface area contributed by atoms with Crippen molar-refractivity contribution in [3.63, 3.8) is 0 Å². The first-order chi connectivity index (χ1) is 18.8. The lowest BCUT2D eigenvalue weighted by Gasteiger charge is -2.43. The van der Waals surface area contributed by atoms with Gasteiger partial charge in [-0.15, -0.1) is 0 Å². The molecule has 0 radical (unpaired) electrons. The molecule has 1 aromatic rings. The second kappa shape index (κ2) is 14.6. The summed E-state index contributed by atoms with van der Waals surface area (Å²) in [7, 11) is 0. The van der Waals surface area contributed by atoms with Gasteiger partial charge in [-0.3, -0.25) is 9.69 Å². The summed E-state index contributed by atoms with van der Waals surface area (Å²) >= 11 is 0. The van der Waals surface area contributed by atoms with Crippen LogP contribution in [0.15, 0.2) is 29.8 Å². The number of nitrogens with zero attached hydrogens (tertiary/aromatic N) is 1. The smallest absolute Gasteiger partial charge is 0.410 e. The molecule has 0 saturated carbocycles. The highest BCUT2D eigenvalue weighted by Crippen LogP contribution is 2.24. The van der Waals surface area contributed by atoms with Gasteiger partial charge in [-0.25, -0.2) is 13.6 Å². The molecular weight excluding hydrogens is 534 g/mol. The van der Waals surface area contributed by atoms with Crippen molar-refractivity contribution >= 4 is 12.0 Å². The third-order valence-electron chi connectivity index (χ3n) is 6.28. The average Bonchev–Trinajstić information content (AvgIpc) is 2.82. The second-order valence-corrected chi connectivity index (χ2v) is 13.4. The molecule has 2 amide bonds. The molecule has 1 saturated heterocycles. The number of rotatable bonds is 10. The Morgan fingerprint density at radius 1 is 1.15 bits per heavy atom. The Kier molecular flexibility index (Phi) is 12.3. The van der Waals surface area contributed by atoms with Gasteiger partial charge in [-0.05, 0) is 69.6 Å². The topological polar surface area (TPSA) is 97.3 Å². The van der Waals surface area contributed by atoms with Crippen molar-refractivity contribution in [1.82, 2.24) is 10.2 Å². The number of ether oxygens (including phenoxy) is 3. The Morgan fingerprint density at radius 2 is 1.76 bits per heavy atom. The van der Waals surface area contributed by atoms with E-state index in [1.807, 2.05) is 34.6 Å². The summed E-state index contributed by atoms with van der Waals surface area (Å²) in [4.78, 5) is 27.8. The standard InChI is InChI=1S/C31H48F2N2O6/c1-19(2)10-11-20(3)28(37)34-24(14-21-12-22(32)15-23(33)13-21)27(36)25-17-39-26(40-18-30(4,5)6)16-35(25)29(38)41-31(7,8)9/h11-13,15,19,24-27,36H,10,14,16-18H2,1-9H3,(H,34,37)/b20-11+/t24-,25+,26-,27-/m0/s1. The van der Waals surface area contributed by atoms with Crippen LogP contribution in [0.5, 0.6) is 0 Å². The van der Waals surface area contributed by atoms with E-state index in [0.29, 0.717) is 24.5 Å². The zero-order valence-electron chi connectivity index (χ0n) is 25.9. The molecule has 0 aliphatic carbocycles. The number of aliphatic hydroxyl groups is 1. The van der Waals surface area contributed by atoms with Gasteiger partial charge in [0.15, 0.2) is 6.29 Å². The normalized spacial score (nSPS) is 20.1. The van der Waals surface area contributed by atoms with Crippen LogP contribution in [0.3, 0.4) is 0 Å². The number of benzene rings is 1. The van der Waals surface area contributed by atoms with E-state index in [-0.39, 0.29) is 30.6 Å². The van der Waals surface area contributed by atoms with Crippen LogP contribution in [0.4, 0.5) is 13.6 Å². The number of carbonyl (C=O) groups excluding carboxylic acids is 2. The second-order valence-electron chi connectivity index (χ2n) is 13.4. The summed E-state index contributed by atoms with van der Waals surface area (Å²) in [6.07, 6.45) is -0.415. The average molecular weight is 583 g/mol. The first-order valence-electron chi connectivity index (χ1n) is 14.2. The van der Waals surface area contributed by atoms with Gasteiger partial charge in [0.1, 0.15) is 17.2 Å². The fraction of sp³-hybridized carbons (Fsp3) is 0.677. The van der Waals surface area contributed by atoms with Gasteiger partial charge < -0.3 is 24.6 Å². The van der Waals surface area contributed by atoms with E-state index < -0.39 is 53.7 Å². The molecule has 41 heavy (non-hydrogen) atoms. The molecule has 4 atom stereocenters. The number of hydrogen-bond acceptors (Lipinski definition) is 6. The van der Waals surface area contributed by atoms with E-state index in [1.54, 1.807) is 33.8 Å². The van der Waals surface area contributed by atoms with Gasteiger partial charge in [0.05, 0.1) is 37.9 Å². The van der Waals surface area contributed by atoms with E-state index in [9.17, 15) is 23.5 Å². The van der Waals surface area contributed by atoms with Gasteiger partial charge in [-0.2, -0.15) is 0 Å². The minimum atomic E-state index is -1.38.